The Morgan fingerprint density at radius 2 is 2.06 bits per heavy atom. The van der Waals surface area contributed by atoms with Crippen LogP contribution >= 0.6 is 0 Å². The molecule has 0 saturated heterocycles. The van der Waals surface area contributed by atoms with Gasteiger partial charge in [-0.25, -0.2) is 0 Å². The molecular formula is C11H18F3N3. The molecule has 0 bridgehead atoms. The third-order valence-electron chi connectivity index (χ3n) is 2.64. The Morgan fingerprint density at radius 1 is 1.41 bits per heavy atom. The summed E-state index contributed by atoms with van der Waals surface area (Å²) in [7, 11) is 0. The highest BCUT2D eigenvalue weighted by molar-refractivity contribution is 5.09. The topological polar surface area (TPSA) is 29.9 Å². The largest absolute Gasteiger partial charge is 0.419 e. The lowest BCUT2D eigenvalue weighted by atomic mass is 10.0. The summed E-state index contributed by atoms with van der Waals surface area (Å²) >= 11 is 0. The minimum Gasteiger partial charge on any atom is -0.315 e. The van der Waals surface area contributed by atoms with Crippen molar-refractivity contribution in [3.8, 4) is 0 Å². The van der Waals surface area contributed by atoms with Gasteiger partial charge in [0.2, 0.25) is 0 Å². The van der Waals surface area contributed by atoms with Gasteiger partial charge < -0.3 is 5.32 Å². The standard InChI is InChI=1S/C11H18F3N3/c1-4-15-6-10(8(2)3)17-7-9(5-16-17)11(12,13)14/h5,7-8,10,15H,4,6H2,1-3H3. The van der Waals surface area contributed by atoms with Gasteiger partial charge >= 0.3 is 6.18 Å². The van der Waals surface area contributed by atoms with Crippen molar-refractivity contribution in [1.29, 1.82) is 0 Å². The van der Waals surface area contributed by atoms with Gasteiger partial charge in [-0.15, -0.1) is 0 Å². The van der Waals surface area contributed by atoms with Crippen LogP contribution in [0.5, 0.6) is 0 Å². The summed E-state index contributed by atoms with van der Waals surface area (Å²) in [6, 6.07) is -0.0638. The lowest BCUT2D eigenvalue weighted by Gasteiger charge is -2.21. The monoisotopic (exact) mass is 249 g/mol. The molecule has 6 heteroatoms. The maximum absolute atomic E-state index is 12.4. The predicted molar refractivity (Wildman–Crippen MR) is 59.6 cm³/mol. The third kappa shape index (κ3) is 3.73. The third-order valence-corrected chi connectivity index (χ3v) is 2.64. The van der Waals surface area contributed by atoms with Crippen molar-refractivity contribution in [3.63, 3.8) is 0 Å². The maximum Gasteiger partial charge on any atom is 0.419 e. The van der Waals surface area contributed by atoms with Gasteiger partial charge in [0.25, 0.3) is 0 Å². The van der Waals surface area contributed by atoms with Gasteiger partial charge in [0, 0.05) is 12.7 Å². The minimum absolute atomic E-state index is 0.0638. The van der Waals surface area contributed by atoms with E-state index in [-0.39, 0.29) is 12.0 Å². The highest BCUT2D eigenvalue weighted by atomic mass is 19.4. The molecule has 0 aromatic carbocycles. The van der Waals surface area contributed by atoms with E-state index in [0.717, 1.165) is 18.9 Å². The molecule has 1 rings (SSSR count). The first-order valence-corrected chi connectivity index (χ1v) is 5.68. The number of hydrogen-bond donors (Lipinski definition) is 1. The second kappa shape index (κ2) is 5.53. The fourth-order valence-corrected chi connectivity index (χ4v) is 1.59. The van der Waals surface area contributed by atoms with E-state index in [1.54, 1.807) is 0 Å². The van der Waals surface area contributed by atoms with Crippen LogP contribution < -0.4 is 5.32 Å². The molecule has 17 heavy (non-hydrogen) atoms. The first kappa shape index (κ1) is 14.0. The molecule has 0 radical (unpaired) electrons. The van der Waals surface area contributed by atoms with E-state index in [0.29, 0.717) is 6.54 Å². The number of halogens is 3. The van der Waals surface area contributed by atoms with Crippen molar-refractivity contribution < 1.29 is 13.2 Å². The first-order chi connectivity index (χ1) is 7.86. The van der Waals surface area contributed by atoms with Crippen molar-refractivity contribution in [2.24, 2.45) is 5.92 Å². The fourth-order valence-electron chi connectivity index (χ4n) is 1.59. The molecule has 0 amide bonds. The second-order valence-corrected chi connectivity index (χ2v) is 4.33. The average Bonchev–Trinajstić information content (AvgIpc) is 2.66. The number of nitrogens with zero attached hydrogens (tertiary/aromatic N) is 2. The Balaban J connectivity index is 2.84. The first-order valence-electron chi connectivity index (χ1n) is 5.68. The second-order valence-electron chi connectivity index (χ2n) is 4.33. The van der Waals surface area contributed by atoms with Crippen molar-refractivity contribution in [2.75, 3.05) is 13.1 Å². The van der Waals surface area contributed by atoms with Crippen LogP contribution in [0.3, 0.4) is 0 Å². The zero-order valence-corrected chi connectivity index (χ0v) is 10.3. The summed E-state index contributed by atoms with van der Waals surface area (Å²) in [5, 5.41) is 6.95. The normalized spacial score (nSPS) is 14.3. The van der Waals surface area contributed by atoms with Crippen molar-refractivity contribution in [3.05, 3.63) is 18.0 Å². The summed E-state index contributed by atoms with van der Waals surface area (Å²) in [5.74, 6) is 0.218. The molecule has 0 aliphatic rings. The molecular weight excluding hydrogens is 231 g/mol. The lowest BCUT2D eigenvalue weighted by Crippen LogP contribution is -2.29. The van der Waals surface area contributed by atoms with Gasteiger partial charge in [-0.1, -0.05) is 20.8 Å². The van der Waals surface area contributed by atoms with Gasteiger partial charge in [0.15, 0.2) is 0 Å². The Bertz CT molecular complexity index is 344. The van der Waals surface area contributed by atoms with Crippen LogP contribution in [-0.2, 0) is 6.18 Å². The number of rotatable bonds is 5. The Labute approximate surface area is 99.0 Å². The Kier molecular flexibility index (Phi) is 4.56. The smallest absolute Gasteiger partial charge is 0.315 e. The van der Waals surface area contributed by atoms with E-state index in [1.807, 2.05) is 20.8 Å². The Morgan fingerprint density at radius 3 is 2.47 bits per heavy atom. The highest BCUT2D eigenvalue weighted by Gasteiger charge is 2.33. The predicted octanol–water partition coefficient (Wildman–Crippen LogP) is 2.71. The van der Waals surface area contributed by atoms with E-state index < -0.39 is 11.7 Å². The maximum atomic E-state index is 12.4. The summed E-state index contributed by atoms with van der Waals surface area (Å²) in [6.45, 7) is 7.30. The molecule has 0 aliphatic carbocycles. The van der Waals surface area contributed by atoms with Gasteiger partial charge in [0.05, 0.1) is 17.8 Å². The SMILES string of the molecule is CCNCC(C(C)C)n1cc(C(F)(F)F)cn1. The van der Waals surface area contributed by atoms with Crippen LogP contribution in [0.15, 0.2) is 12.4 Å². The van der Waals surface area contributed by atoms with Crippen LogP contribution in [0, 0.1) is 5.92 Å². The van der Waals surface area contributed by atoms with Crippen LogP contribution in [0.4, 0.5) is 13.2 Å². The van der Waals surface area contributed by atoms with Crippen molar-refractivity contribution in [1.82, 2.24) is 15.1 Å². The number of alkyl halides is 3. The lowest BCUT2D eigenvalue weighted by molar-refractivity contribution is -0.137. The van der Waals surface area contributed by atoms with Crippen LogP contribution in [0.25, 0.3) is 0 Å². The molecule has 1 heterocycles. The van der Waals surface area contributed by atoms with Crippen molar-refractivity contribution >= 4 is 0 Å². The molecule has 0 spiro atoms. The van der Waals surface area contributed by atoms with Gasteiger partial charge in [-0.2, -0.15) is 18.3 Å². The number of hydrogen-bond acceptors (Lipinski definition) is 2. The molecule has 1 atom stereocenters. The molecule has 1 unspecified atom stereocenters. The van der Waals surface area contributed by atoms with Crippen LogP contribution in [0.1, 0.15) is 32.4 Å². The zero-order chi connectivity index (χ0) is 13.1. The summed E-state index contributed by atoms with van der Waals surface area (Å²) in [4.78, 5) is 0. The highest BCUT2D eigenvalue weighted by Crippen LogP contribution is 2.29. The van der Waals surface area contributed by atoms with Gasteiger partial charge in [0.1, 0.15) is 0 Å². The minimum atomic E-state index is -4.32. The van der Waals surface area contributed by atoms with Crippen LogP contribution in [-0.4, -0.2) is 22.9 Å². The Hall–Kier alpha value is -1.04. The number of aromatic nitrogens is 2. The average molecular weight is 249 g/mol. The molecule has 1 aromatic heterocycles. The van der Waals surface area contributed by atoms with E-state index in [9.17, 15) is 13.2 Å². The van der Waals surface area contributed by atoms with E-state index in [1.165, 1.54) is 4.68 Å². The molecule has 1 N–H and O–H groups in total. The van der Waals surface area contributed by atoms with Gasteiger partial charge in [-0.3, -0.25) is 4.68 Å². The van der Waals surface area contributed by atoms with E-state index >= 15 is 0 Å². The van der Waals surface area contributed by atoms with Gasteiger partial charge in [-0.05, 0) is 12.5 Å². The van der Waals surface area contributed by atoms with Crippen molar-refractivity contribution in [2.45, 2.75) is 33.0 Å². The van der Waals surface area contributed by atoms with E-state index in [4.69, 9.17) is 0 Å². The zero-order valence-electron chi connectivity index (χ0n) is 10.3. The molecule has 0 aliphatic heterocycles. The molecule has 0 saturated carbocycles. The fraction of sp³-hybridized carbons (Fsp3) is 0.727. The molecule has 0 fully saturated rings. The summed E-state index contributed by atoms with van der Waals surface area (Å²) in [5.41, 5.74) is -0.695. The van der Waals surface area contributed by atoms with E-state index in [2.05, 4.69) is 10.4 Å². The quantitative estimate of drug-likeness (QED) is 0.869. The molecule has 98 valence electrons. The summed E-state index contributed by atoms with van der Waals surface area (Å²) < 4.78 is 38.7. The van der Waals surface area contributed by atoms with Crippen LogP contribution in [0.2, 0.25) is 0 Å². The summed E-state index contributed by atoms with van der Waals surface area (Å²) in [6.07, 6.45) is -2.37. The number of nitrogens with one attached hydrogen (secondary N) is 1. The number of likely N-dealkylation sites (N-methyl/N-ethyl adjacent to an activating group) is 1. The molecule has 1 aromatic rings. The molecule has 3 nitrogen and oxygen atoms in total.